The van der Waals surface area contributed by atoms with Gasteiger partial charge in [0, 0.05) is 17.6 Å². The van der Waals surface area contributed by atoms with Crippen LogP contribution in [0, 0.1) is 0 Å². The first kappa shape index (κ1) is 20.4. The molecule has 2 aromatic heterocycles. The summed E-state index contributed by atoms with van der Waals surface area (Å²) in [6, 6.07) is 8.81. The molecule has 0 saturated heterocycles. The van der Waals surface area contributed by atoms with Crippen molar-refractivity contribution in [2.45, 2.75) is 46.3 Å². The lowest BCUT2D eigenvalue weighted by Crippen LogP contribution is -2.33. The molecule has 0 radical (unpaired) electrons. The number of dihydropyridines is 1. The molecule has 7 heteroatoms. The van der Waals surface area contributed by atoms with Gasteiger partial charge < -0.3 is 19.2 Å². The van der Waals surface area contributed by atoms with Gasteiger partial charge in [0.2, 0.25) is 0 Å². The standard InChI is InChI=1S/C22H24N2O5/c1-13(2)29-22(26)19-15(4)24-14(3)18(20(19)17-9-5-6-10-23-17)21(25)28-12-16-8-7-11-27-16/h5-11,13,20,24H,12H2,1-4H3. The Hall–Kier alpha value is -3.35. The molecule has 1 N–H and O–H groups in total. The number of nitrogens with one attached hydrogen (secondary N) is 1. The number of ether oxygens (including phenoxy) is 2. The number of hydrogen-bond acceptors (Lipinski definition) is 7. The molecular formula is C22H24N2O5. The van der Waals surface area contributed by atoms with Crippen LogP contribution >= 0.6 is 0 Å². The van der Waals surface area contributed by atoms with Crippen molar-refractivity contribution >= 4 is 11.9 Å². The van der Waals surface area contributed by atoms with Crippen LogP contribution in [0.2, 0.25) is 0 Å². The number of hydrogen-bond donors (Lipinski definition) is 1. The minimum absolute atomic E-state index is 0.00791. The molecule has 0 bridgehead atoms. The van der Waals surface area contributed by atoms with Crippen LogP contribution in [0.25, 0.3) is 0 Å². The van der Waals surface area contributed by atoms with Gasteiger partial charge in [-0.3, -0.25) is 4.98 Å². The summed E-state index contributed by atoms with van der Waals surface area (Å²) in [6.07, 6.45) is 2.84. The topological polar surface area (TPSA) is 90.7 Å². The molecule has 152 valence electrons. The van der Waals surface area contributed by atoms with Crippen LogP contribution in [-0.4, -0.2) is 23.0 Å². The third-order valence-corrected chi connectivity index (χ3v) is 4.45. The van der Waals surface area contributed by atoms with Crippen molar-refractivity contribution in [3.05, 3.63) is 76.8 Å². The van der Waals surface area contributed by atoms with Crippen LogP contribution in [-0.2, 0) is 25.7 Å². The fourth-order valence-electron chi connectivity index (χ4n) is 3.26. The van der Waals surface area contributed by atoms with Gasteiger partial charge in [0.15, 0.2) is 0 Å². The second kappa shape index (κ2) is 8.77. The van der Waals surface area contributed by atoms with Gasteiger partial charge in [0.25, 0.3) is 0 Å². The molecule has 0 aliphatic carbocycles. The van der Waals surface area contributed by atoms with Crippen LogP contribution in [0.3, 0.4) is 0 Å². The number of carbonyl (C=O) groups excluding carboxylic acids is 2. The number of allylic oxidation sites excluding steroid dienone is 2. The van der Waals surface area contributed by atoms with Gasteiger partial charge in [-0.25, -0.2) is 9.59 Å². The lowest BCUT2D eigenvalue weighted by atomic mass is 9.82. The number of pyridine rings is 1. The second-order valence-electron chi connectivity index (χ2n) is 7.00. The fourth-order valence-corrected chi connectivity index (χ4v) is 3.26. The Balaban J connectivity index is 1.99. The predicted octanol–water partition coefficient (Wildman–Crippen LogP) is 3.60. The van der Waals surface area contributed by atoms with Crippen molar-refractivity contribution in [2.24, 2.45) is 0 Å². The molecule has 7 nitrogen and oxygen atoms in total. The van der Waals surface area contributed by atoms with E-state index in [1.807, 2.05) is 6.07 Å². The van der Waals surface area contributed by atoms with Crippen LogP contribution in [0.4, 0.5) is 0 Å². The van der Waals surface area contributed by atoms with E-state index in [9.17, 15) is 9.59 Å². The Kier molecular flexibility index (Phi) is 6.16. The van der Waals surface area contributed by atoms with Crippen LogP contribution in [0.15, 0.2) is 69.7 Å². The van der Waals surface area contributed by atoms with Gasteiger partial charge in [-0.05, 0) is 52.0 Å². The maximum Gasteiger partial charge on any atom is 0.337 e. The van der Waals surface area contributed by atoms with Crippen molar-refractivity contribution in [3.8, 4) is 0 Å². The summed E-state index contributed by atoms with van der Waals surface area (Å²) in [6.45, 7) is 7.10. The molecule has 0 saturated carbocycles. The van der Waals surface area contributed by atoms with E-state index in [2.05, 4.69) is 10.3 Å². The number of nitrogens with zero attached hydrogens (tertiary/aromatic N) is 1. The highest BCUT2D eigenvalue weighted by atomic mass is 16.5. The van der Waals surface area contributed by atoms with E-state index in [0.717, 1.165) is 0 Å². The monoisotopic (exact) mass is 396 g/mol. The Labute approximate surface area is 169 Å². The minimum atomic E-state index is -0.701. The Morgan fingerprint density at radius 3 is 2.41 bits per heavy atom. The second-order valence-corrected chi connectivity index (χ2v) is 7.00. The quantitative estimate of drug-likeness (QED) is 0.746. The molecule has 2 aromatic rings. The van der Waals surface area contributed by atoms with Gasteiger partial charge in [-0.2, -0.15) is 0 Å². The van der Waals surface area contributed by atoms with E-state index in [0.29, 0.717) is 34.0 Å². The van der Waals surface area contributed by atoms with Crippen molar-refractivity contribution in [3.63, 3.8) is 0 Å². The number of carbonyl (C=O) groups is 2. The SMILES string of the molecule is CC1=C(C(=O)OCc2ccco2)C(c2ccccn2)C(C(=O)OC(C)C)=C(C)N1. The Morgan fingerprint density at radius 2 is 1.83 bits per heavy atom. The van der Waals surface area contributed by atoms with Gasteiger partial charge >= 0.3 is 11.9 Å². The van der Waals surface area contributed by atoms with E-state index >= 15 is 0 Å². The normalized spacial score (nSPS) is 16.7. The highest BCUT2D eigenvalue weighted by Crippen LogP contribution is 2.38. The summed E-state index contributed by atoms with van der Waals surface area (Å²) in [5.74, 6) is -1.22. The molecule has 3 heterocycles. The summed E-state index contributed by atoms with van der Waals surface area (Å²) in [5.41, 5.74) is 2.44. The number of rotatable bonds is 6. The highest BCUT2D eigenvalue weighted by molar-refractivity contribution is 5.99. The molecule has 0 fully saturated rings. The summed E-state index contributed by atoms with van der Waals surface area (Å²) >= 11 is 0. The van der Waals surface area contributed by atoms with E-state index in [4.69, 9.17) is 13.9 Å². The first-order chi connectivity index (χ1) is 13.9. The third kappa shape index (κ3) is 4.56. The number of aromatic nitrogens is 1. The first-order valence-electron chi connectivity index (χ1n) is 9.38. The van der Waals surface area contributed by atoms with Crippen LogP contribution in [0.5, 0.6) is 0 Å². The molecule has 0 amide bonds. The van der Waals surface area contributed by atoms with E-state index in [1.54, 1.807) is 58.2 Å². The molecule has 0 aromatic carbocycles. The van der Waals surface area contributed by atoms with E-state index < -0.39 is 17.9 Å². The Bertz CT molecular complexity index is 943. The molecule has 3 rings (SSSR count). The largest absolute Gasteiger partial charge is 0.466 e. The third-order valence-electron chi connectivity index (χ3n) is 4.45. The molecule has 1 unspecified atom stereocenters. The lowest BCUT2D eigenvalue weighted by molar-refractivity contribution is -0.143. The zero-order chi connectivity index (χ0) is 21.0. The molecule has 0 spiro atoms. The lowest BCUT2D eigenvalue weighted by Gasteiger charge is -2.30. The maximum absolute atomic E-state index is 13.0. The van der Waals surface area contributed by atoms with Crippen molar-refractivity contribution in [2.75, 3.05) is 0 Å². The fraction of sp³-hybridized carbons (Fsp3) is 0.318. The van der Waals surface area contributed by atoms with Crippen LogP contribution in [0.1, 0.15) is 45.1 Å². The molecule has 29 heavy (non-hydrogen) atoms. The molecule has 1 aliphatic heterocycles. The summed E-state index contributed by atoms with van der Waals surface area (Å²) < 4.78 is 16.1. The Morgan fingerprint density at radius 1 is 1.10 bits per heavy atom. The predicted molar refractivity (Wildman–Crippen MR) is 105 cm³/mol. The number of furan rings is 1. The van der Waals surface area contributed by atoms with Crippen molar-refractivity contribution in [1.82, 2.24) is 10.3 Å². The molecular weight excluding hydrogens is 372 g/mol. The minimum Gasteiger partial charge on any atom is -0.466 e. The highest BCUT2D eigenvalue weighted by Gasteiger charge is 2.39. The van der Waals surface area contributed by atoms with Crippen molar-refractivity contribution in [1.29, 1.82) is 0 Å². The number of esters is 2. The maximum atomic E-state index is 13.0. The average Bonchev–Trinajstić information content (AvgIpc) is 3.19. The van der Waals surface area contributed by atoms with Gasteiger partial charge in [0.05, 0.1) is 35.1 Å². The van der Waals surface area contributed by atoms with Gasteiger partial charge in [-0.1, -0.05) is 6.07 Å². The zero-order valence-electron chi connectivity index (χ0n) is 16.9. The van der Waals surface area contributed by atoms with Gasteiger partial charge in [0.1, 0.15) is 12.4 Å². The zero-order valence-corrected chi connectivity index (χ0v) is 16.9. The van der Waals surface area contributed by atoms with Gasteiger partial charge in [-0.15, -0.1) is 0 Å². The average molecular weight is 396 g/mol. The van der Waals surface area contributed by atoms with E-state index in [-0.39, 0.29) is 12.7 Å². The molecule has 1 aliphatic rings. The van der Waals surface area contributed by atoms with Crippen LogP contribution < -0.4 is 5.32 Å². The van der Waals surface area contributed by atoms with E-state index in [1.165, 1.54) is 6.26 Å². The van der Waals surface area contributed by atoms with Crippen molar-refractivity contribution < 1.29 is 23.5 Å². The molecule has 1 atom stereocenters. The summed E-state index contributed by atoms with van der Waals surface area (Å²) in [4.78, 5) is 30.3. The smallest absolute Gasteiger partial charge is 0.337 e. The summed E-state index contributed by atoms with van der Waals surface area (Å²) in [5, 5.41) is 3.11. The first-order valence-corrected chi connectivity index (χ1v) is 9.38. The summed E-state index contributed by atoms with van der Waals surface area (Å²) in [7, 11) is 0.